The van der Waals surface area contributed by atoms with Crippen LogP contribution < -0.4 is 71.7 Å². The van der Waals surface area contributed by atoms with Crippen LogP contribution in [0.4, 0.5) is 102 Å². The Kier molecular flexibility index (Phi) is 7.65. The van der Waals surface area contributed by atoms with Crippen LogP contribution in [0.5, 0.6) is 23.0 Å². The molecule has 8 aliphatic rings. The Hall–Kier alpha value is -10.6. The number of nitrogens with zero attached hydrogens (tertiary/aromatic N) is 6. The fourth-order valence-electron chi connectivity index (χ4n) is 15.3. The third kappa shape index (κ3) is 4.94. The Balaban J connectivity index is 0.991. The van der Waals surface area contributed by atoms with Crippen LogP contribution in [0.15, 0.2) is 243 Å². The van der Waals surface area contributed by atoms with Gasteiger partial charge in [-0.15, -0.1) is 0 Å². The summed E-state index contributed by atoms with van der Waals surface area (Å²) in [5.41, 5.74) is 27.8. The lowest BCUT2D eigenvalue weighted by atomic mass is 9.31. The van der Waals surface area contributed by atoms with E-state index in [1.165, 1.54) is 54.9 Å². The summed E-state index contributed by atoms with van der Waals surface area (Å²) in [5, 5.41) is 2.33. The van der Waals surface area contributed by atoms with Crippen LogP contribution in [0.2, 0.25) is 0 Å². The average Bonchev–Trinajstić information content (AvgIpc) is 3.68. The second-order valence-corrected chi connectivity index (χ2v) is 21.9. The summed E-state index contributed by atoms with van der Waals surface area (Å²) in [6.45, 7) is -0.285. The van der Waals surface area contributed by atoms with Gasteiger partial charge < -0.3 is 38.9 Å². The van der Waals surface area contributed by atoms with Crippen LogP contribution in [0.1, 0.15) is 0 Å². The molecular weight excluding hydrogens is 978 g/mol. The Morgan fingerprint density at radius 1 is 0.212 bits per heavy atom. The summed E-state index contributed by atoms with van der Waals surface area (Å²) in [5.74, 6) is 3.41. The van der Waals surface area contributed by atoms with E-state index in [1.807, 2.05) is 0 Å². The van der Waals surface area contributed by atoms with Gasteiger partial charge in [0, 0.05) is 79.0 Å². The predicted molar refractivity (Wildman–Crippen MR) is 329 cm³/mol. The quantitative estimate of drug-likeness (QED) is 0.162. The van der Waals surface area contributed by atoms with E-state index in [4.69, 9.17) is 9.47 Å². The maximum absolute atomic E-state index is 6.98. The van der Waals surface area contributed by atoms with Gasteiger partial charge in [0.25, 0.3) is 13.4 Å². The minimum absolute atomic E-state index is 0.142. The van der Waals surface area contributed by atoms with Gasteiger partial charge >= 0.3 is 0 Å². The molecule has 10 heteroatoms. The third-order valence-electron chi connectivity index (χ3n) is 18.1. The second kappa shape index (κ2) is 14.7. The van der Waals surface area contributed by atoms with Gasteiger partial charge in [-0.3, -0.25) is 0 Å². The van der Waals surface area contributed by atoms with Crippen molar-refractivity contribution in [2.24, 2.45) is 0 Å². The molecule has 0 aromatic heterocycles. The monoisotopic (exact) mass is 1020 g/mol. The Morgan fingerprint density at radius 3 is 0.925 bits per heavy atom. The van der Waals surface area contributed by atoms with Gasteiger partial charge in [-0.2, -0.15) is 0 Å². The van der Waals surface area contributed by atoms with Crippen molar-refractivity contribution < 1.29 is 9.47 Å². The van der Waals surface area contributed by atoms with Crippen molar-refractivity contribution in [1.82, 2.24) is 0 Å². The molecular formula is C70H40B2N6O2. The molecule has 368 valence electrons. The number of benzene rings is 12. The Bertz CT molecular complexity index is 4490. The van der Waals surface area contributed by atoms with Gasteiger partial charge in [0.05, 0.1) is 34.1 Å². The van der Waals surface area contributed by atoms with E-state index in [0.29, 0.717) is 0 Å². The van der Waals surface area contributed by atoms with Crippen molar-refractivity contribution >= 4 is 159 Å². The summed E-state index contributed by atoms with van der Waals surface area (Å²) >= 11 is 0. The molecule has 0 unspecified atom stereocenters. The molecule has 12 aromatic rings. The summed E-state index contributed by atoms with van der Waals surface area (Å²) in [4.78, 5) is 15.3. The maximum Gasteiger partial charge on any atom is 0.257 e. The first-order chi connectivity index (χ1) is 39.8. The topological polar surface area (TPSA) is 37.9 Å². The summed E-state index contributed by atoms with van der Waals surface area (Å²) < 4.78 is 14.0. The second-order valence-electron chi connectivity index (χ2n) is 21.9. The summed E-state index contributed by atoms with van der Waals surface area (Å²) in [7, 11) is 0. The highest BCUT2D eigenvalue weighted by Gasteiger charge is 2.55. The maximum atomic E-state index is 6.98. The molecule has 8 heterocycles. The molecule has 8 aliphatic heterocycles. The fourth-order valence-corrected chi connectivity index (χ4v) is 15.3. The van der Waals surface area contributed by atoms with E-state index < -0.39 is 0 Å². The first kappa shape index (κ1) is 41.6. The smallest absolute Gasteiger partial charge is 0.257 e. The van der Waals surface area contributed by atoms with Crippen molar-refractivity contribution in [3.63, 3.8) is 0 Å². The fraction of sp³-hybridized carbons (Fsp3) is 0. The van der Waals surface area contributed by atoms with Gasteiger partial charge in [0.2, 0.25) is 0 Å². The number of rotatable bonds is 4. The van der Waals surface area contributed by atoms with Crippen LogP contribution in [0.25, 0.3) is 10.8 Å². The summed E-state index contributed by atoms with van der Waals surface area (Å²) in [6, 6.07) is 89.2. The van der Waals surface area contributed by atoms with E-state index in [0.717, 1.165) is 114 Å². The normalized spacial score (nSPS) is 14.8. The first-order valence-corrected chi connectivity index (χ1v) is 27.6. The van der Waals surface area contributed by atoms with Crippen molar-refractivity contribution in [3.8, 4) is 23.0 Å². The van der Waals surface area contributed by atoms with Gasteiger partial charge in [0.1, 0.15) is 0 Å². The number of hydrogen-bond acceptors (Lipinski definition) is 8. The Labute approximate surface area is 461 Å². The molecule has 0 saturated heterocycles. The molecule has 20 rings (SSSR count). The molecule has 80 heavy (non-hydrogen) atoms. The first-order valence-electron chi connectivity index (χ1n) is 27.6. The minimum Gasteiger partial charge on any atom is -0.453 e. The van der Waals surface area contributed by atoms with Crippen molar-refractivity contribution in [3.05, 3.63) is 243 Å². The number of fused-ring (bicyclic) bond motifs is 9. The van der Waals surface area contributed by atoms with Crippen LogP contribution in [0, 0.1) is 0 Å². The van der Waals surface area contributed by atoms with Crippen molar-refractivity contribution in [1.29, 1.82) is 0 Å². The molecule has 12 aromatic carbocycles. The third-order valence-corrected chi connectivity index (χ3v) is 18.1. The standard InChI is InChI=1S/C70H40B2N6O2/c1-5-19-41(20-6-1)73-53-35-37-59-69-63(53)71-61-49(29-17-31-51(61)77(69)47-27-13-15-33-57(47)79-59)75(43-23-9-3-10-24-43)67-46-40-56-66-68(45(46)39-55(73)65(67)71)76(44-25-11-4-12-26-44)50-30-18-32-52-62(50)72(66)64-54(74(56)42-21-7-2-8-22-42)36-38-60-70(64)78(52)48-28-14-16-34-58(48)80-60/h1-40H. The zero-order valence-corrected chi connectivity index (χ0v) is 42.7. The largest absolute Gasteiger partial charge is 0.453 e. The summed E-state index contributed by atoms with van der Waals surface area (Å²) in [6.07, 6.45) is 0. The molecule has 0 bridgehead atoms. The van der Waals surface area contributed by atoms with Gasteiger partial charge in [-0.25, -0.2) is 0 Å². The van der Waals surface area contributed by atoms with Crippen molar-refractivity contribution in [2.75, 3.05) is 29.4 Å². The molecule has 0 fully saturated rings. The molecule has 0 N–H and O–H groups in total. The van der Waals surface area contributed by atoms with E-state index in [-0.39, 0.29) is 13.4 Å². The molecule has 0 radical (unpaired) electrons. The SMILES string of the molecule is c1ccc(N2c3ccc4c5c3B3c6c(cccc6N(c6ccccc6)c6c3c2cc2c3c7c(cc62)N(c2ccccc2)c2ccc6c8c2B7c2c(cccc2N3c2ccccc2)N8c2ccccc2O6)N5c2ccccc2O4)cc1. The molecule has 0 spiro atoms. The van der Waals surface area contributed by atoms with Crippen LogP contribution >= 0.6 is 0 Å². The van der Waals surface area contributed by atoms with Crippen LogP contribution in [0.3, 0.4) is 0 Å². The van der Waals surface area contributed by atoms with E-state index >= 15 is 0 Å². The molecule has 8 nitrogen and oxygen atoms in total. The zero-order chi connectivity index (χ0) is 51.6. The van der Waals surface area contributed by atoms with E-state index in [1.54, 1.807) is 0 Å². The predicted octanol–water partition coefficient (Wildman–Crippen LogP) is 14.8. The highest BCUT2D eigenvalue weighted by molar-refractivity contribution is 7.04. The lowest BCUT2D eigenvalue weighted by Crippen LogP contribution is -2.65. The molecule has 0 aliphatic carbocycles. The van der Waals surface area contributed by atoms with Crippen molar-refractivity contribution in [2.45, 2.75) is 0 Å². The van der Waals surface area contributed by atoms with Crippen LogP contribution in [-0.4, -0.2) is 13.4 Å². The average molecular weight is 1020 g/mol. The molecule has 0 atom stereocenters. The van der Waals surface area contributed by atoms with Crippen LogP contribution in [-0.2, 0) is 0 Å². The lowest BCUT2D eigenvalue weighted by molar-refractivity contribution is 0.477. The Morgan fingerprint density at radius 2 is 0.525 bits per heavy atom. The van der Waals surface area contributed by atoms with Gasteiger partial charge in [0.15, 0.2) is 23.0 Å². The molecule has 0 amide bonds. The molecule has 0 saturated carbocycles. The number of para-hydroxylation sites is 8. The highest BCUT2D eigenvalue weighted by atomic mass is 16.5. The number of hydrogen-bond donors (Lipinski definition) is 0. The number of ether oxygens (including phenoxy) is 2. The lowest BCUT2D eigenvalue weighted by Gasteiger charge is -2.52. The zero-order valence-electron chi connectivity index (χ0n) is 42.7. The van der Waals surface area contributed by atoms with Gasteiger partial charge in [-0.1, -0.05) is 109 Å². The minimum atomic E-state index is -0.142. The number of anilines is 18. The van der Waals surface area contributed by atoms with Gasteiger partial charge in [-0.05, 0) is 166 Å². The highest BCUT2D eigenvalue weighted by Crippen LogP contribution is 2.61. The van der Waals surface area contributed by atoms with E-state index in [2.05, 4.69) is 272 Å². The van der Waals surface area contributed by atoms with E-state index in [9.17, 15) is 0 Å².